The van der Waals surface area contributed by atoms with Gasteiger partial charge in [-0.25, -0.2) is 0 Å². The van der Waals surface area contributed by atoms with Crippen LogP contribution in [0.25, 0.3) is 0 Å². The van der Waals surface area contributed by atoms with Gasteiger partial charge in [0.25, 0.3) is 0 Å². The van der Waals surface area contributed by atoms with Crippen molar-refractivity contribution in [3.63, 3.8) is 0 Å². The zero-order valence-electron chi connectivity index (χ0n) is 9.57. The maximum absolute atomic E-state index is 5.76. The number of hydrogen-bond acceptors (Lipinski definition) is 3. The second kappa shape index (κ2) is 5.67. The summed E-state index contributed by atoms with van der Waals surface area (Å²) in [6.45, 7) is 3.24. The van der Waals surface area contributed by atoms with E-state index in [0.29, 0.717) is 13.2 Å². The van der Waals surface area contributed by atoms with Crippen LogP contribution in [0.3, 0.4) is 0 Å². The highest BCUT2D eigenvalue weighted by molar-refractivity contribution is 9.10. The summed E-state index contributed by atoms with van der Waals surface area (Å²) in [5.74, 6) is 0.873. The standard InChI is InChI=1S/C13H14BrNOS/c1-9-2-5-13(12(14)6-9)16-8-11-4-3-10(7-15)17-11/h2-6H,7-8,15H2,1H3. The van der Waals surface area contributed by atoms with Crippen molar-refractivity contribution < 1.29 is 4.74 Å². The summed E-state index contributed by atoms with van der Waals surface area (Å²) in [7, 11) is 0. The summed E-state index contributed by atoms with van der Waals surface area (Å²) < 4.78 is 6.75. The topological polar surface area (TPSA) is 35.2 Å². The van der Waals surface area contributed by atoms with Gasteiger partial charge in [0.2, 0.25) is 0 Å². The Bertz CT molecular complexity index is 510. The van der Waals surface area contributed by atoms with Gasteiger partial charge in [-0.15, -0.1) is 11.3 Å². The molecule has 90 valence electrons. The average molecular weight is 312 g/mol. The molecule has 1 heterocycles. The Morgan fingerprint density at radius 3 is 2.65 bits per heavy atom. The first-order valence-electron chi connectivity index (χ1n) is 5.35. The molecule has 0 saturated carbocycles. The fraction of sp³-hybridized carbons (Fsp3) is 0.231. The van der Waals surface area contributed by atoms with Crippen molar-refractivity contribution in [1.82, 2.24) is 0 Å². The maximum atomic E-state index is 5.76. The Morgan fingerprint density at radius 1 is 1.24 bits per heavy atom. The van der Waals surface area contributed by atoms with Gasteiger partial charge >= 0.3 is 0 Å². The third-order valence-electron chi connectivity index (χ3n) is 2.38. The molecule has 2 aromatic rings. The lowest BCUT2D eigenvalue weighted by molar-refractivity contribution is 0.308. The number of benzene rings is 1. The van der Waals surface area contributed by atoms with Crippen LogP contribution in [-0.2, 0) is 13.2 Å². The minimum absolute atomic E-state index is 0.590. The number of nitrogens with two attached hydrogens (primary N) is 1. The van der Waals surface area contributed by atoms with E-state index in [1.165, 1.54) is 15.3 Å². The normalized spacial score (nSPS) is 10.5. The first kappa shape index (κ1) is 12.6. The van der Waals surface area contributed by atoms with Gasteiger partial charge < -0.3 is 10.5 Å². The Balaban J connectivity index is 2.02. The number of aryl methyl sites for hydroxylation is 1. The Kier molecular flexibility index (Phi) is 4.20. The first-order chi connectivity index (χ1) is 8.19. The van der Waals surface area contributed by atoms with Crippen LogP contribution < -0.4 is 10.5 Å². The summed E-state index contributed by atoms with van der Waals surface area (Å²) in [4.78, 5) is 2.38. The molecule has 0 aliphatic rings. The molecule has 0 aliphatic heterocycles. The molecule has 0 unspecified atom stereocenters. The largest absolute Gasteiger partial charge is 0.487 e. The van der Waals surface area contributed by atoms with Gasteiger partial charge in [-0.2, -0.15) is 0 Å². The molecule has 0 amide bonds. The molecular weight excluding hydrogens is 298 g/mol. The smallest absolute Gasteiger partial charge is 0.134 e. The monoisotopic (exact) mass is 311 g/mol. The molecule has 0 fully saturated rings. The van der Waals surface area contributed by atoms with Crippen LogP contribution in [0.1, 0.15) is 15.3 Å². The number of hydrogen-bond donors (Lipinski definition) is 1. The van der Waals surface area contributed by atoms with E-state index in [9.17, 15) is 0 Å². The molecule has 0 aliphatic carbocycles. The van der Waals surface area contributed by atoms with Gasteiger partial charge in [-0.05, 0) is 52.7 Å². The van der Waals surface area contributed by atoms with Crippen LogP contribution in [0.2, 0.25) is 0 Å². The Hall–Kier alpha value is -0.840. The van der Waals surface area contributed by atoms with E-state index in [-0.39, 0.29) is 0 Å². The predicted octanol–water partition coefficient (Wildman–Crippen LogP) is 3.86. The quantitative estimate of drug-likeness (QED) is 0.930. The van der Waals surface area contributed by atoms with E-state index in [1.54, 1.807) is 11.3 Å². The second-order valence-electron chi connectivity index (χ2n) is 3.79. The first-order valence-corrected chi connectivity index (χ1v) is 6.96. The SMILES string of the molecule is Cc1ccc(OCc2ccc(CN)s2)c(Br)c1. The van der Waals surface area contributed by atoms with Gasteiger partial charge in [0.15, 0.2) is 0 Å². The van der Waals surface area contributed by atoms with Gasteiger partial charge in [0, 0.05) is 16.3 Å². The molecule has 2 N–H and O–H groups in total. The maximum Gasteiger partial charge on any atom is 0.134 e. The van der Waals surface area contributed by atoms with E-state index < -0.39 is 0 Å². The molecule has 17 heavy (non-hydrogen) atoms. The molecule has 1 aromatic carbocycles. The second-order valence-corrected chi connectivity index (χ2v) is 5.90. The third kappa shape index (κ3) is 3.31. The van der Waals surface area contributed by atoms with Crippen LogP contribution in [-0.4, -0.2) is 0 Å². The molecule has 4 heteroatoms. The highest BCUT2D eigenvalue weighted by Crippen LogP contribution is 2.27. The Morgan fingerprint density at radius 2 is 2.00 bits per heavy atom. The van der Waals surface area contributed by atoms with Crippen molar-refractivity contribution in [1.29, 1.82) is 0 Å². The number of thiophene rings is 1. The zero-order chi connectivity index (χ0) is 12.3. The van der Waals surface area contributed by atoms with Crippen molar-refractivity contribution in [2.24, 2.45) is 5.73 Å². The fourth-order valence-electron chi connectivity index (χ4n) is 1.48. The molecule has 0 bridgehead atoms. The number of rotatable bonds is 4. The lowest BCUT2D eigenvalue weighted by Crippen LogP contribution is -1.94. The van der Waals surface area contributed by atoms with E-state index in [2.05, 4.69) is 35.0 Å². The average Bonchev–Trinajstić information content (AvgIpc) is 2.76. The highest BCUT2D eigenvalue weighted by atomic mass is 79.9. The summed E-state index contributed by atoms with van der Waals surface area (Å²) in [5.41, 5.74) is 6.79. The molecule has 0 atom stereocenters. The molecule has 0 spiro atoms. The van der Waals surface area contributed by atoms with Crippen molar-refractivity contribution in [3.05, 3.63) is 50.1 Å². The van der Waals surface area contributed by atoms with Crippen molar-refractivity contribution in [2.75, 3.05) is 0 Å². The number of ether oxygens (including phenoxy) is 1. The van der Waals surface area contributed by atoms with Crippen LogP contribution in [0, 0.1) is 6.92 Å². The van der Waals surface area contributed by atoms with E-state index in [1.807, 2.05) is 18.2 Å². The van der Waals surface area contributed by atoms with Gasteiger partial charge in [-0.3, -0.25) is 0 Å². The predicted molar refractivity (Wildman–Crippen MR) is 75.4 cm³/mol. The van der Waals surface area contributed by atoms with Crippen LogP contribution in [0.4, 0.5) is 0 Å². The van der Waals surface area contributed by atoms with Gasteiger partial charge in [0.05, 0.1) is 4.47 Å². The molecule has 2 nitrogen and oxygen atoms in total. The third-order valence-corrected chi connectivity index (χ3v) is 4.08. The van der Waals surface area contributed by atoms with Gasteiger partial charge in [-0.1, -0.05) is 6.07 Å². The molecular formula is C13H14BrNOS. The molecule has 0 saturated heterocycles. The van der Waals surface area contributed by atoms with Crippen LogP contribution >= 0.6 is 27.3 Å². The van der Waals surface area contributed by atoms with Crippen LogP contribution in [0.15, 0.2) is 34.8 Å². The summed E-state index contributed by atoms with van der Waals surface area (Å²) in [6.07, 6.45) is 0. The number of halogens is 1. The summed E-state index contributed by atoms with van der Waals surface area (Å²) >= 11 is 5.19. The summed E-state index contributed by atoms with van der Waals surface area (Å²) in [6, 6.07) is 10.2. The molecule has 1 aromatic heterocycles. The van der Waals surface area contributed by atoms with Crippen molar-refractivity contribution in [2.45, 2.75) is 20.1 Å². The molecule has 2 rings (SSSR count). The van der Waals surface area contributed by atoms with E-state index in [4.69, 9.17) is 10.5 Å². The minimum Gasteiger partial charge on any atom is -0.487 e. The van der Waals surface area contributed by atoms with E-state index in [0.717, 1.165) is 10.2 Å². The fourth-order valence-corrected chi connectivity index (χ4v) is 2.90. The van der Waals surface area contributed by atoms with E-state index >= 15 is 0 Å². The lowest BCUT2D eigenvalue weighted by Gasteiger charge is -2.07. The summed E-state index contributed by atoms with van der Waals surface area (Å²) in [5, 5.41) is 0. The van der Waals surface area contributed by atoms with Gasteiger partial charge in [0.1, 0.15) is 12.4 Å². The zero-order valence-corrected chi connectivity index (χ0v) is 12.0. The van der Waals surface area contributed by atoms with Crippen molar-refractivity contribution in [3.8, 4) is 5.75 Å². The molecule has 0 radical (unpaired) electrons. The minimum atomic E-state index is 0.590. The lowest BCUT2D eigenvalue weighted by atomic mass is 10.2. The van der Waals surface area contributed by atoms with Crippen molar-refractivity contribution >= 4 is 27.3 Å². The van der Waals surface area contributed by atoms with Crippen LogP contribution in [0.5, 0.6) is 5.75 Å². The highest BCUT2D eigenvalue weighted by Gasteiger charge is 2.03. The Labute approximate surface area is 114 Å².